The summed E-state index contributed by atoms with van der Waals surface area (Å²) in [6.45, 7) is 3.85. The van der Waals surface area contributed by atoms with Crippen LogP contribution in [-0.2, 0) is 18.2 Å². The Labute approximate surface area is 119 Å². The highest BCUT2D eigenvalue weighted by atomic mass is 31.2. The molecule has 0 aliphatic rings. The van der Waals surface area contributed by atoms with Crippen LogP contribution in [-0.4, -0.2) is 28.3 Å². The second-order valence-electron chi connectivity index (χ2n) is 4.57. The van der Waals surface area contributed by atoms with Gasteiger partial charge in [0.05, 0.1) is 12.3 Å². The maximum atomic E-state index is 11.5. The molecule has 0 amide bonds. The fraction of sp³-hybridized carbons (Fsp3) is 0.909. The summed E-state index contributed by atoms with van der Waals surface area (Å²) in [6.07, 6.45) is 2.13. The molecule has 9 heteroatoms. The van der Waals surface area contributed by atoms with Crippen molar-refractivity contribution in [3.63, 3.8) is 0 Å². The van der Waals surface area contributed by atoms with Crippen LogP contribution >= 0.6 is 15.2 Å². The van der Waals surface area contributed by atoms with Crippen molar-refractivity contribution in [2.45, 2.75) is 52.4 Å². The van der Waals surface area contributed by atoms with E-state index in [1.807, 2.05) is 13.8 Å². The highest BCUT2D eigenvalue weighted by Crippen LogP contribution is 2.48. The van der Waals surface area contributed by atoms with Crippen molar-refractivity contribution >= 4 is 21.3 Å². The van der Waals surface area contributed by atoms with Crippen LogP contribution in [0.15, 0.2) is 0 Å². The summed E-state index contributed by atoms with van der Waals surface area (Å²) >= 11 is 0. The van der Waals surface area contributed by atoms with Crippen LogP contribution in [0.2, 0.25) is 0 Å². The maximum absolute atomic E-state index is 11.5. The lowest BCUT2D eigenvalue weighted by atomic mass is 10.3. The zero-order valence-corrected chi connectivity index (χ0v) is 13.8. The van der Waals surface area contributed by atoms with E-state index < -0.39 is 21.3 Å². The lowest BCUT2D eigenvalue weighted by Gasteiger charge is -2.14. The van der Waals surface area contributed by atoms with E-state index in [1.54, 1.807) is 0 Å². The third kappa shape index (κ3) is 10.4. The van der Waals surface area contributed by atoms with E-state index in [1.165, 1.54) is 0 Å². The molecule has 0 aromatic carbocycles. The molecule has 0 saturated carbocycles. The Morgan fingerprint density at radius 2 is 1.20 bits per heavy atom. The SMILES string of the molecule is CCCCCP(=O)(O)OC(=O)OP(=O)(O)CCCCC. The van der Waals surface area contributed by atoms with Crippen LogP contribution < -0.4 is 0 Å². The Kier molecular flexibility index (Phi) is 9.39. The minimum Gasteiger partial charge on any atom is -0.359 e. The average molecular weight is 330 g/mol. The Balaban J connectivity index is 4.19. The smallest absolute Gasteiger partial charge is 0.359 e. The van der Waals surface area contributed by atoms with Gasteiger partial charge in [0.25, 0.3) is 0 Å². The van der Waals surface area contributed by atoms with Crippen molar-refractivity contribution < 1.29 is 32.8 Å². The molecule has 0 aromatic rings. The van der Waals surface area contributed by atoms with Crippen LogP contribution in [0.1, 0.15) is 52.4 Å². The normalized spacial score (nSPS) is 17.0. The number of hydrogen-bond acceptors (Lipinski definition) is 5. The van der Waals surface area contributed by atoms with E-state index in [-0.39, 0.29) is 12.3 Å². The number of rotatable bonds is 10. The van der Waals surface area contributed by atoms with Gasteiger partial charge in [0.15, 0.2) is 0 Å². The van der Waals surface area contributed by atoms with Gasteiger partial charge in [0.2, 0.25) is 0 Å². The minimum absolute atomic E-state index is 0.179. The lowest BCUT2D eigenvalue weighted by Crippen LogP contribution is -2.07. The third-order valence-electron chi connectivity index (χ3n) is 2.52. The Hall–Kier alpha value is -0.350. The standard InChI is InChI=1S/C11H24O7P2/c1-3-5-7-9-19(13,14)17-11(12)18-20(15,16)10-8-6-4-2/h3-10H2,1-2H3,(H,13,14)(H,15,16). The van der Waals surface area contributed by atoms with Gasteiger partial charge in [-0.25, -0.2) is 13.9 Å². The molecule has 0 fully saturated rings. The van der Waals surface area contributed by atoms with Crippen molar-refractivity contribution in [2.24, 2.45) is 0 Å². The molecule has 0 bridgehead atoms. The summed E-state index contributed by atoms with van der Waals surface area (Å²) in [5.41, 5.74) is 0. The van der Waals surface area contributed by atoms with Crippen molar-refractivity contribution in [2.75, 3.05) is 12.3 Å². The van der Waals surface area contributed by atoms with E-state index in [4.69, 9.17) is 0 Å². The molecular weight excluding hydrogens is 306 g/mol. The summed E-state index contributed by atoms with van der Waals surface area (Å²) in [5.74, 6) is 0. The summed E-state index contributed by atoms with van der Waals surface area (Å²) in [6, 6.07) is 0. The molecule has 2 N–H and O–H groups in total. The number of hydrogen-bond donors (Lipinski definition) is 2. The average Bonchev–Trinajstić information content (AvgIpc) is 2.27. The zero-order chi connectivity index (χ0) is 15.6. The molecule has 0 heterocycles. The quantitative estimate of drug-likeness (QED) is 0.462. The summed E-state index contributed by atoms with van der Waals surface area (Å²) in [5, 5.41) is 0. The van der Waals surface area contributed by atoms with Crippen molar-refractivity contribution in [1.29, 1.82) is 0 Å². The van der Waals surface area contributed by atoms with Crippen LogP contribution in [0.25, 0.3) is 0 Å². The van der Waals surface area contributed by atoms with Gasteiger partial charge in [-0.05, 0) is 12.8 Å². The maximum Gasteiger partial charge on any atom is 0.521 e. The van der Waals surface area contributed by atoms with Gasteiger partial charge in [-0.1, -0.05) is 39.5 Å². The predicted octanol–water partition coefficient (Wildman–Crippen LogP) is 3.89. The van der Waals surface area contributed by atoms with E-state index >= 15 is 0 Å². The summed E-state index contributed by atoms with van der Waals surface area (Å²) in [4.78, 5) is 30.0. The molecule has 0 aliphatic heterocycles. The topological polar surface area (TPSA) is 110 Å². The van der Waals surface area contributed by atoms with Crippen LogP contribution in [0.5, 0.6) is 0 Å². The summed E-state index contributed by atoms with van der Waals surface area (Å²) < 4.78 is 31.5. The first-order valence-corrected chi connectivity index (χ1v) is 10.3. The van der Waals surface area contributed by atoms with Gasteiger partial charge in [0.1, 0.15) is 0 Å². The molecule has 7 nitrogen and oxygen atoms in total. The Bertz CT molecular complexity index is 349. The Morgan fingerprint density at radius 3 is 1.50 bits per heavy atom. The molecule has 2 unspecified atom stereocenters. The van der Waals surface area contributed by atoms with Gasteiger partial charge in [-0.15, -0.1) is 0 Å². The molecule has 0 aliphatic carbocycles. The summed E-state index contributed by atoms with van der Waals surface area (Å²) in [7, 11) is -8.21. The fourth-order valence-corrected chi connectivity index (χ4v) is 3.49. The lowest BCUT2D eigenvalue weighted by molar-refractivity contribution is 0.140. The first-order valence-electron chi connectivity index (χ1n) is 6.79. The molecule has 0 radical (unpaired) electrons. The van der Waals surface area contributed by atoms with Gasteiger partial charge in [0, 0.05) is 0 Å². The zero-order valence-electron chi connectivity index (χ0n) is 12.0. The van der Waals surface area contributed by atoms with Gasteiger partial charge in [-0.3, -0.25) is 0 Å². The molecule has 2 atom stereocenters. The van der Waals surface area contributed by atoms with Crippen molar-refractivity contribution in [3.8, 4) is 0 Å². The first-order chi connectivity index (χ1) is 9.22. The largest absolute Gasteiger partial charge is 0.521 e. The Morgan fingerprint density at radius 1 is 0.850 bits per heavy atom. The van der Waals surface area contributed by atoms with E-state index in [9.17, 15) is 23.7 Å². The predicted molar refractivity (Wildman–Crippen MR) is 76.0 cm³/mol. The highest BCUT2D eigenvalue weighted by molar-refractivity contribution is 7.54. The molecule has 0 rings (SSSR count). The number of carbonyl (C=O) groups is 1. The van der Waals surface area contributed by atoms with Crippen LogP contribution in [0.4, 0.5) is 4.79 Å². The first kappa shape index (κ1) is 19.7. The second-order valence-corrected chi connectivity index (χ2v) is 8.38. The molecule has 120 valence electrons. The van der Waals surface area contributed by atoms with Gasteiger partial charge < -0.3 is 18.8 Å². The molecule has 0 saturated heterocycles. The van der Waals surface area contributed by atoms with Gasteiger partial charge >= 0.3 is 21.3 Å². The fourth-order valence-electron chi connectivity index (χ4n) is 1.46. The number of carbonyl (C=O) groups excluding carboxylic acids is 1. The monoisotopic (exact) mass is 330 g/mol. The second kappa shape index (κ2) is 9.56. The van der Waals surface area contributed by atoms with Crippen molar-refractivity contribution in [1.82, 2.24) is 0 Å². The van der Waals surface area contributed by atoms with E-state index in [2.05, 4.69) is 9.05 Å². The van der Waals surface area contributed by atoms with E-state index in [0.29, 0.717) is 12.8 Å². The van der Waals surface area contributed by atoms with Gasteiger partial charge in [-0.2, -0.15) is 0 Å². The third-order valence-corrected chi connectivity index (χ3v) is 5.15. The minimum atomic E-state index is -4.10. The van der Waals surface area contributed by atoms with E-state index in [0.717, 1.165) is 25.7 Å². The highest BCUT2D eigenvalue weighted by Gasteiger charge is 2.30. The van der Waals surface area contributed by atoms with Crippen molar-refractivity contribution in [3.05, 3.63) is 0 Å². The molecule has 20 heavy (non-hydrogen) atoms. The molecule has 0 spiro atoms. The molecular formula is C11H24O7P2. The molecule has 0 aromatic heterocycles. The van der Waals surface area contributed by atoms with Crippen LogP contribution in [0, 0.1) is 0 Å². The van der Waals surface area contributed by atoms with Crippen LogP contribution in [0.3, 0.4) is 0 Å². The number of unbranched alkanes of at least 4 members (excludes halogenated alkanes) is 4.